The first-order chi connectivity index (χ1) is 63.0. The van der Waals surface area contributed by atoms with Crippen LogP contribution in [0.15, 0.2) is 457 Å². The van der Waals surface area contributed by atoms with Gasteiger partial charge in [-0.2, -0.15) is 0 Å². The predicted octanol–water partition coefficient (Wildman–Crippen LogP) is 32.6. The number of carbonyl (C=O) groups is 2. The number of aldehydes is 2. The summed E-state index contributed by atoms with van der Waals surface area (Å²) < 4.78 is 42.4. The molecule has 0 unspecified atom stereocenters. The van der Waals surface area contributed by atoms with Crippen molar-refractivity contribution in [1.29, 1.82) is 0 Å². The lowest BCUT2D eigenvalue weighted by molar-refractivity contribution is 0.111. The fraction of sp³-hybridized carbons (Fsp3) is 0.00855. The molecule has 0 aromatic heterocycles. The summed E-state index contributed by atoms with van der Waals surface area (Å²) in [7, 11) is 1.65. The quantitative estimate of drug-likeness (QED) is 0.0402. The summed E-state index contributed by atoms with van der Waals surface area (Å²) in [6.07, 6.45) is 7.10. The van der Waals surface area contributed by atoms with E-state index in [1.54, 1.807) is 55.6 Å². The summed E-state index contributed by atoms with van der Waals surface area (Å²) in [4.78, 5) is 26.8. The Bertz CT molecular complexity index is 6390. The summed E-state index contributed by atoms with van der Waals surface area (Å²) in [5.41, 5.74) is 23.0. The molecule has 0 N–H and O–H groups in total. The zero-order valence-corrected chi connectivity index (χ0v) is 70.1. The molecule has 0 saturated carbocycles. The van der Waals surface area contributed by atoms with Gasteiger partial charge in [0.2, 0.25) is 0 Å². The van der Waals surface area contributed by atoms with Crippen molar-refractivity contribution in [3.05, 3.63) is 484 Å². The highest BCUT2D eigenvalue weighted by molar-refractivity contribution is 5.85. The molecule has 0 fully saturated rings. The van der Waals surface area contributed by atoms with Gasteiger partial charge in [0, 0.05) is 45.3 Å². The van der Waals surface area contributed by atoms with Crippen molar-refractivity contribution in [1.82, 2.24) is 0 Å². The Hall–Kier alpha value is -17.3. The second kappa shape index (κ2) is 39.7. The molecule has 618 valence electrons. The molecule has 0 amide bonds. The summed E-state index contributed by atoms with van der Waals surface area (Å²) >= 11 is 0. The molecule has 0 heterocycles. The number of benzene rings is 18. The number of anilines is 6. The number of hydrogen-bond donors (Lipinski definition) is 0. The topological polar surface area (TPSA) is 105 Å². The Morgan fingerprint density at radius 2 is 0.344 bits per heavy atom. The number of rotatable bonds is 30. The molecular formula is C117H86N2O9. The van der Waals surface area contributed by atoms with Crippen LogP contribution in [-0.2, 0) is 0 Å². The monoisotopic (exact) mass is 1660 g/mol. The molecule has 11 nitrogen and oxygen atoms in total. The number of methoxy groups -OCH3 is 1. The van der Waals surface area contributed by atoms with E-state index in [1.807, 2.05) is 206 Å². The minimum Gasteiger partial charge on any atom is -0.497 e. The molecule has 0 aliphatic carbocycles. The Morgan fingerprint density at radius 3 is 0.508 bits per heavy atom. The van der Waals surface area contributed by atoms with E-state index in [2.05, 4.69) is 230 Å². The van der Waals surface area contributed by atoms with Crippen molar-refractivity contribution in [2.45, 2.75) is 0 Å². The molecule has 0 radical (unpaired) electrons. The average Bonchev–Trinajstić information content (AvgIpc) is 0.786. The normalized spacial score (nSPS) is 10.7. The molecule has 11 heteroatoms. The SMILES string of the molecule is C=Cc1ccc(Oc2cccc(-c3ccc(N(c4ccc(-c5cccc(Oc6ccc(C=C)cc6)c5)cc4)c4ccc(-c5cccc(Oc6ccc(C=C)cc6)c5)cc4)cc3)c2)cc1.COc1ccc(Oc2cccc(-c3ccc(N(c4ccc(-c5cccc(Oc6ccc(C=O)cc6)c5)cc4)c4ccc(-c5cccc(Oc6ccc(C=O)cc6)c5)cc4)cc3)c2)cc1. The maximum atomic E-state index is 11.1. The van der Waals surface area contributed by atoms with E-state index in [1.165, 1.54) is 0 Å². The Morgan fingerprint density at radius 1 is 0.180 bits per heavy atom. The molecule has 128 heavy (non-hydrogen) atoms. The van der Waals surface area contributed by atoms with E-state index in [9.17, 15) is 9.59 Å². The van der Waals surface area contributed by atoms with Crippen LogP contribution >= 0.6 is 0 Å². The van der Waals surface area contributed by atoms with Crippen LogP contribution in [0.3, 0.4) is 0 Å². The lowest BCUT2D eigenvalue weighted by Gasteiger charge is -2.26. The number of hydrogen-bond acceptors (Lipinski definition) is 11. The van der Waals surface area contributed by atoms with Gasteiger partial charge in [-0.15, -0.1) is 0 Å². The lowest BCUT2D eigenvalue weighted by Crippen LogP contribution is -2.09. The van der Waals surface area contributed by atoms with Gasteiger partial charge >= 0.3 is 0 Å². The van der Waals surface area contributed by atoms with E-state index in [0.29, 0.717) is 34.1 Å². The van der Waals surface area contributed by atoms with E-state index >= 15 is 0 Å². The smallest absolute Gasteiger partial charge is 0.150 e. The third kappa shape index (κ3) is 20.7. The number of carbonyl (C=O) groups excluding carboxylic acids is 2. The zero-order valence-electron chi connectivity index (χ0n) is 70.1. The van der Waals surface area contributed by atoms with Crippen molar-refractivity contribution in [2.75, 3.05) is 16.9 Å². The van der Waals surface area contributed by atoms with Crippen LogP contribution in [0.1, 0.15) is 37.4 Å². The maximum Gasteiger partial charge on any atom is 0.150 e. The molecule has 0 spiro atoms. The summed E-state index contributed by atoms with van der Waals surface area (Å²) in [5.74, 6) is 9.59. The van der Waals surface area contributed by atoms with Gasteiger partial charge < -0.3 is 43.0 Å². The van der Waals surface area contributed by atoms with Crippen LogP contribution < -0.4 is 43.0 Å². The standard InChI is InChI=1S/C60H45NO3.C57H41NO6/c1-4-43-16-34-55(35-17-43)62-58-13-7-10-49(40-58)46-22-28-52(29-23-46)61(53-30-24-47(25-31-53)50-11-8-14-59(41-50)63-56-36-18-44(5-2)19-37-56)54-32-26-48(27-33-54)51-12-9-15-60(42-51)64-57-38-20-45(6-3)21-39-57;1-61-51-31-33-54(34-32-51)64-57-10-4-7-47(37-57)44-19-25-50(26-20-44)58(48-21-15-42(16-22-48)45-5-2-8-55(35-45)62-52-27-11-40(38-59)12-28-52)49-23-17-43(18-24-49)46-6-3-9-56(36-46)63-53-29-13-41(39-60)14-30-53/h4-42H,1-3H2;2-39H,1H3. The highest BCUT2D eigenvalue weighted by Gasteiger charge is 2.19. The Labute approximate surface area is 745 Å². The average molecular weight is 1660 g/mol. The van der Waals surface area contributed by atoms with Crippen molar-refractivity contribution < 1.29 is 42.7 Å². The number of ether oxygens (including phenoxy) is 7. The van der Waals surface area contributed by atoms with Crippen molar-refractivity contribution in [2.24, 2.45) is 0 Å². The minimum atomic E-state index is 0.597. The van der Waals surface area contributed by atoms with E-state index in [0.717, 1.165) is 182 Å². The van der Waals surface area contributed by atoms with Gasteiger partial charge in [0.05, 0.1) is 7.11 Å². The van der Waals surface area contributed by atoms with Crippen molar-refractivity contribution in [3.63, 3.8) is 0 Å². The molecule has 18 rings (SSSR count). The predicted molar refractivity (Wildman–Crippen MR) is 522 cm³/mol. The van der Waals surface area contributed by atoms with Crippen LogP contribution in [0, 0.1) is 0 Å². The number of nitrogens with zero attached hydrogens (tertiary/aromatic N) is 2. The van der Waals surface area contributed by atoms with Crippen LogP contribution in [0.4, 0.5) is 34.1 Å². The second-order valence-electron chi connectivity index (χ2n) is 30.1. The first-order valence-corrected chi connectivity index (χ1v) is 41.8. The van der Waals surface area contributed by atoms with E-state index < -0.39 is 0 Å². The Balaban J connectivity index is 0.000000180. The highest BCUT2D eigenvalue weighted by atomic mass is 16.5. The third-order valence-electron chi connectivity index (χ3n) is 21.6. The van der Waals surface area contributed by atoms with Crippen LogP contribution in [0.25, 0.3) is 85.0 Å². The van der Waals surface area contributed by atoms with Crippen LogP contribution in [0.5, 0.6) is 74.7 Å². The first-order valence-electron chi connectivity index (χ1n) is 41.8. The lowest BCUT2D eigenvalue weighted by atomic mass is 10.0. The van der Waals surface area contributed by atoms with Gasteiger partial charge in [-0.25, -0.2) is 0 Å². The molecule has 18 aromatic carbocycles. The van der Waals surface area contributed by atoms with E-state index in [-0.39, 0.29) is 0 Å². The van der Waals surface area contributed by atoms with Crippen LogP contribution in [0.2, 0.25) is 0 Å². The van der Waals surface area contributed by atoms with Crippen molar-refractivity contribution >= 4 is 64.9 Å². The van der Waals surface area contributed by atoms with Gasteiger partial charge in [0.25, 0.3) is 0 Å². The van der Waals surface area contributed by atoms with Gasteiger partial charge in [-0.1, -0.05) is 220 Å². The highest BCUT2D eigenvalue weighted by Crippen LogP contribution is 2.44. The van der Waals surface area contributed by atoms with Gasteiger partial charge in [0.15, 0.2) is 0 Å². The fourth-order valence-electron chi connectivity index (χ4n) is 14.9. The Kier molecular flexibility index (Phi) is 25.8. The summed E-state index contributed by atoms with van der Waals surface area (Å²) in [6.45, 7) is 11.5. The minimum absolute atomic E-state index is 0.597. The molecule has 0 aliphatic heterocycles. The largest absolute Gasteiger partial charge is 0.497 e. The van der Waals surface area contributed by atoms with Gasteiger partial charge in [-0.05, 0) is 338 Å². The van der Waals surface area contributed by atoms with E-state index in [4.69, 9.17) is 33.2 Å². The molecule has 18 aromatic rings. The van der Waals surface area contributed by atoms with Crippen molar-refractivity contribution in [3.8, 4) is 142 Å². The van der Waals surface area contributed by atoms with Gasteiger partial charge in [0.1, 0.15) is 87.3 Å². The molecule has 0 atom stereocenters. The summed E-state index contributed by atoms with van der Waals surface area (Å²) in [6, 6.07) is 145. The first kappa shape index (κ1) is 83.0. The maximum absolute atomic E-state index is 11.1. The molecular weight excluding hydrogens is 1580 g/mol. The zero-order chi connectivity index (χ0) is 87.3. The third-order valence-corrected chi connectivity index (χ3v) is 21.6. The second-order valence-corrected chi connectivity index (χ2v) is 30.1. The molecule has 0 saturated heterocycles. The fourth-order valence-corrected chi connectivity index (χ4v) is 14.9. The van der Waals surface area contributed by atoms with Crippen LogP contribution in [-0.4, -0.2) is 19.7 Å². The molecule has 0 aliphatic rings. The molecule has 0 bridgehead atoms. The summed E-state index contributed by atoms with van der Waals surface area (Å²) in [5, 5.41) is 0. The van der Waals surface area contributed by atoms with Gasteiger partial charge in [-0.3, -0.25) is 9.59 Å².